The molecule has 33 heavy (non-hydrogen) atoms. The number of rotatable bonds is 11. The number of hydrogen-bond donors (Lipinski definition) is 2. The van der Waals surface area contributed by atoms with Crippen molar-refractivity contribution in [2.45, 2.75) is 75.6 Å². The summed E-state index contributed by atoms with van der Waals surface area (Å²) in [6.07, 6.45) is 10.9. The molecule has 184 valence electrons. The van der Waals surface area contributed by atoms with Crippen molar-refractivity contribution in [2.75, 3.05) is 33.4 Å². The van der Waals surface area contributed by atoms with Crippen LogP contribution >= 0.6 is 0 Å². The number of aliphatic hydroxyl groups excluding tert-OH is 1. The standard InChI is InChI=1S/C27H41NO5/c1-30-27(23-15-19-14-20(17-23)18-24(27)16-19)33-32-26-8-4-22(5-9-26)21-2-6-25(7-3-21)31-13-11-28-10-12-29/h2-3,6-7,19-20,22-24,26,28-29H,4-5,8-18H2,1H3. The molecule has 2 N–H and O–H groups in total. The number of nitrogens with one attached hydrogen (secondary N) is 1. The van der Waals surface area contributed by atoms with Crippen molar-refractivity contribution in [1.29, 1.82) is 0 Å². The topological polar surface area (TPSA) is 69.2 Å². The van der Waals surface area contributed by atoms with Crippen LogP contribution in [0.5, 0.6) is 5.75 Å². The van der Waals surface area contributed by atoms with Gasteiger partial charge in [0.25, 0.3) is 0 Å². The highest BCUT2D eigenvalue weighted by Gasteiger charge is 2.60. The van der Waals surface area contributed by atoms with Gasteiger partial charge in [-0.3, -0.25) is 0 Å². The Kier molecular flexibility index (Phi) is 7.57. The predicted molar refractivity (Wildman–Crippen MR) is 126 cm³/mol. The maximum absolute atomic E-state index is 8.79. The quantitative estimate of drug-likeness (QED) is 0.221. The van der Waals surface area contributed by atoms with Gasteiger partial charge in [0, 0.05) is 32.0 Å². The Balaban J connectivity index is 1.07. The summed E-state index contributed by atoms with van der Waals surface area (Å²) in [5, 5.41) is 11.9. The van der Waals surface area contributed by atoms with Crippen LogP contribution in [0.1, 0.15) is 69.3 Å². The van der Waals surface area contributed by atoms with Crippen molar-refractivity contribution in [3.8, 4) is 5.75 Å². The number of methoxy groups -OCH3 is 1. The van der Waals surface area contributed by atoms with E-state index in [1.54, 1.807) is 0 Å². The number of hydrogen-bond acceptors (Lipinski definition) is 6. The van der Waals surface area contributed by atoms with E-state index in [0.29, 0.717) is 30.9 Å². The van der Waals surface area contributed by atoms with E-state index in [4.69, 9.17) is 24.4 Å². The van der Waals surface area contributed by atoms with Gasteiger partial charge in [-0.1, -0.05) is 12.1 Å². The zero-order valence-electron chi connectivity index (χ0n) is 20.0. The lowest BCUT2D eigenvalue weighted by molar-refractivity contribution is -0.485. The second kappa shape index (κ2) is 10.6. The summed E-state index contributed by atoms with van der Waals surface area (Å²) >= 11 is 0. The molecule has 5 fully saturated rings. The Morgan fingerprint density at radius 2 is 1.58 bits per heavy atom. The van der Waals surface area contributed by atoms with Gasteiger partial charge in [0.2, 0.25) is 5.79 Å². The van der Waals surface area contributed by atoms with Crippen LogP contribution in [0.3, 0.4) is 0 Å². The molecule has 6 rings (SSSR count). The fourth-order valence-electron chi connectivity index (χ4n) is 7.26. The smallest absolute Gasteiger partial charge is 0.207 e. The molecular formula is C27H41NO5. The first-order valence-electron chi connectivity index (χ1n) is 13.1. The van der Waals surface area contributed by atoms with Gasteiger partial charge in [-0.05, 0) is 93.2 Å². The van der Waals surface area contributed by atoms with Crippen molar-refractivity contribution >= 4 is 0 Å². The van der Waals surface area contributed by atoms with Crippen molar-refractivity contribution in [3.05, 3.63) is 29.8 Å². The summed E-state index contributed by atoms with van der Waals surface area (Å²) in [7, 11) is 1.82. The van der Waals surface area contributed by atoms with E-state index >= 15 is 0 Å². The maximum atomic E-state index is 8.79. The summed E-state index contributed by atoms with van der Waals surface area (Å²) in [5.74, 6) is 3.73. The second-order valence-electron chi connectivity index (χ2n) is 10.8. The fourth-order valence-corrected chi connectivity index (χ4v) is 7.26. The molecule has 0 atom stereocenters. The first kappa shape index (κ1) is 23.6. The van der Waals surface area contributed by atoms with E-state index in [2.05, 4.69) is 29.6 Å². The molecule has 0 spiro atoms. The third-order valence-corrected chi connectivity index (χ3v) is 8.77. The molecule has 0 unspecified atom stereocenters. The molecule has 0 saturated heterocycles. The van der Waals surface area contributed by atoms with Gasteiger partial charge < -0.3 is 19.9 Å². The molecule has 1 aromatic carbocycles. The lowest BCUT2D eigenvalue weighted by Crippen LogP contribution is -2.60. The predicted octanol–water partition coefficient (Wildman–Crippen LogP) is 4.42. The highest BCUT2D eigenvalue weighted by molar-refractivity contribution is 5.29. The molecule has 0 aromatic heterocycles. The molecule has 0 radical (unpaired) electrons. The van der Waals surface area contributed by atoms with Crippen LogP contribution in [-0.4, -0.2) is 50.4 Å². The highest BCUT2D eigenvalue weighted by atomic mass is 17.2. The van der Waals surface area contributed by atoms with Crippen LogP contribution in [0.25, 0.3) is 0 Å². The van der Waals surface area contributed by atoms with Crippen molar-refractivity contribution in [1.82, 2.24) is 5.32 Å². The monoisotopic (exact) mass is 459 g/mol. The minimum Gasteiger partial charge on any atom is -0.492 e. The molecule has 0 amide bonds. The lowest BCUT2D eigenvalue weighted by Gasteiger charge is -2.58. The normalized spacial score (nSPS) is 37.4. The molecule has 6 heteroatoms. The van der Waals surface area contributed by atoms with Gasteiger partial charge >= 0.3 is 0 Å². The van der Waals surface area contributed by atoms with E-state index in [9.17, 15) is 0 Å². The van der Waals surface area contributed by atoms with E-state index in [1.807, 2.05) is 7.11 Å². The van der Waals surface area contributed by atoms with Crippen molar-refractivity contribution in [3.63, 3.8) is 0 Å². The average molecular weight is 460 g/mol. The lowest BCUT2D eigenvalue weighted by atomic mass is 9.53. The summed E-state index contributed by atoms with van der Waals surface area (Å²) in [5.41, 5.74) is 1.38. The SMILES string of the molecule is COC1(OOC2CCC(c3ccc(OCCNCCO)cc3)CC2)C2CC3CC(C2)CC1C3. The minimum absolute atomic E-state index is 0.156. The molecule has 0 aliphatic heterocycles. The molecule has 1 aromatic rings. The molecule has 4 bridgehead atoms. The van der Waals surface area contributed by atoms with Gasteiger partial charge in [0.1, 0.15) is 12.4 Å². The largest absolute Gasteiger partial charge is 0.492 e. The second-order valence-corrected chi connectivity index (χ2v) is 10.8. The molecular weight excluding hydrogens is 418 g/mol. The zero-order chi connectivity index (χ0) is 22.7. The highest BCUT2D eigenvalue weighted by Crippen LogP contribution is 2.60. The third kappa shape index (κ3) is 5.10. The van der Waals surface area contributed by atoms with Crippen LogP contribution in [0.4, 0.5) is 0 Å². The number of benzene rings is 1. The van der Waals surface area contributed by atoms with Gasteiger partial charge in [0.15, 0.2) is 0 Å². The average Bonchev–Trinajstić information content (AvgIpc) is 2.84. The van der Waals surface area contributed by atoms with Crippen LogP contribution in [0, 0.1) is 23.7 Å². The van der Waals surface area contributed by atoms with Gasteiger partial charge in [-0.2, -0.15) is 0 Å². The van der Waals surface area contributed by atoms with E-state index in [1.165, 1.54) is 37.7 Å². The Labute approximate surface area is 198 Å². The summed E-state index contributed by atoms with van der Waals surface area (Å²) < 4.78 is 11.9. The Morgan fingerprint density at radius 3 is 2.18 bits per heavy atom. The van der Waals surface area contributed by atoms with E-state index < -0.39 is 5.79 Å². The molecule has 5 saturated carbocycles. The minimum atomic E-state index is -0.506. The number of aliphatic hydroxyl groups is 1. The summed E-state index contributed by atoms with van der Waals surface area (Å²) in [6, 6.07) is 8.55. The van der Waals surface area contributed by atoms with Gasteiger partial charge in [0.05, 0.1) is 12.7 Å². The maximum Gasteiger partial charge on any atom is 0.207 e. The van der Waals surface area contributed by atoms with E-state index in [-0.39, 0.29) is 12.7 Å². The molecule has 5 aliphatic carbocycles. The molecule has 5 aliphatic rings. The van der Waals surface area contributed by atoms with Crippen LogP contribution in [0.2, 0.25) is 0 Å². The summed E-state index contributed by atoms with van der Waals surface area (Å²) in [6.45, 7) is 2.10. The van der Waals surface area contributed by atoms with Crippen LogP contribution in [0.15, 0.2) is 24.3 Å². The Bertz CT molecular complexity index is 717. The van der Waals surface area contributed by atoms with Gasteiger partial charge in [-0.15, -0.1) is 0 Å². The van der Waals surface area contributed by atoms with Crippen LogP contribution in [-0.2, 0) is 14.5 Å². The summed E-state index contributed by atoms with van der Waals surface area (Å²) in [4.78, 5) is 12.4. The van der Waals surface area contributed by atoms with E-state index in [0.717, 1.165) is 49.8 Å². The van der Waals surface area contributed by atoms with Crippen LogP contribution < -0.4 is 10.1 Å². The molecule has 0 heterocycles. The van der Waals surface area contributed by atoms with Crippen molar-refractivity contribution < 1.29 is 24.4 Å². The Hall–Kier alpha value is -1.18. The van der Waals surface area contributed by atoms with Crippen molar-refractivity contribution in [2.24, 2.45) is 23.7 Å². The fraction of sp³-hybridized carbons (Fsp3) is 0.778. The Morgan fingerprint density at radius 1 is 0.909 bits per heavy atom. The first-order chi connectivity index (χ1) is 16.2. The van der Waals surface area contributed by atoms with Gasteiger partial charge in [-0.25, -0.2) is 9.78 Å². The third-order valence-electron chi connectivity index (χ3n) is 8.77. The molecule has 6 nitrogen and oxygen atoms in total. The zero-order valence-corrected chi connectivity index (χ0v) is 20.0. The number of ether oxygens (including phenoxy) is 2. The first-order valence-corrected chi connectivity index (χ1v) is 13.1.